The van der Waals surface area contributed by atoms with E-state index in [1.807, 2.05) is 17.4 Å². The van der Waals surface area contributed by atoms with Crippen molar-refractivity contribution >= 4 is 17.0 Å². The van der Waals surface area contributed by atoms with Gasteiger partial charge in [0.25, 0.3) is 0 Å². The van der Waals surface area contributed by atoms with Crippen molar-refractivity contribution in [3.8, 4) is 0 Å². The second-order valence-electron chi connectivity index (χ2n) is 5.63. The summed E-state index contributed by atoms with van der Waals surface area (Å²) in [4.78, 5) is 2.62. The van der Waals surface area contributed by atoms with Crippen molar-refractivity contribution < 1.29 is 4.39 Å². The van der Waals surface area contributed by atoms with Crippen LogP contribution in [0.1, 0.15) is 33.7 Å². The Kier molecular flexibility index (Phi) is 2.71. The Bertz CT molecular complexity index is 688. The van der Waals surface area contributed by atoms with E-state index in [0.717, 1.165) is 12.0 Å². The lowest BCUT2D eigenvalue weighted by molar-refractivity contribution is 0.425. The molecule has 2 aromatic rings. The lowest BCUT2D eigenvalue weighted by atomic mass is 9.79. The van der Waals surface area contributed by atoms with E-state index in [1.165, 1.54) is 9.75 Å². The second kappa shape index (κ2) is 4.45. The third-order valence-electron chi connectivity index (χ3n) is 4.41. The summed E-state index contributed by atoms with van der Waals surface area (Å²) < 4.78 is 14.1. The minimum absolute atomic E-state index is 0.139. The lowest BCUT2D eigenvalue weighted by Crippen LogP contribution is -2.29. The third-order valence-corrected chi connectivity index (χ3v) is 5.50. The van der Waals surface area contributed by atoms with Crippen molar-refractivity contribution in [2.45, 2.75) is 25.3 Å². The van der Waals surface area contributed by atoms with Crippen molar-refractivity contribution in [3.05, 3.63) is 63.6 Å². The van der Waals surface area contributed by atoms with Crippen LogP contribution in [0.2, 0.25) is 0 Å². The maximum Gasteiger partial charge on any atom is 0.146 e. The Morgan fingerprint density at radius 1 is 1.25 bits per heavy atom. The monoisotopic (exact) mass is 285 g/mol. The van der Waals surface area contributed by atoms with Gasteiger partial charge < -0.3 is 5.32 Å². The first kappa shape index (κ1) is 12.2. The minimum atomic E-state index is -0.139. The molecule has 0 radical (unpaired) electrons. The van der Waals surface area contributed by atoms with E-state index < -0.39 is 0 Å². The molecule has 1 N–H and O–H groups in total. The van der Waals surface area contributed by atoms with Gasteiger partial charge in [0.05, 0.1) is 11.7 Å². The van der Waals surface area contributed by atoms with Gasteiger partial charge in [0.15, 0.2) is 0 Å². The number of benzene rings is 1. The summed E-state index contributed by atoms with van der Waals surface area (Å²) in [5, 5.41) is 3.46. The second-order valence-corrected chi connectivity index (χ2v) is 6.95. The molecule has 2 heterocycles. The van der Waals surface area contributed by atoms with Gasteiger partial charge in [-0.25, -0.2) is 4.39 Å². The maximum atomic E-state index is 14.1. The van der Waals surface area contributed by atoms with E-state index >= 15 is 0 Å². The van der Waals surface area contributed by atoms with E-state index in [0.29, 0.717) is 17.5 Å². The molecular weight excluding hydrogens is 269 g/mol. The van der Waals surface area contributed by atoms with Crippen LogP contribution >= 0.6 is 11.3 Å². The maximum absolute atomic E-state index is 14.1. The number of anilines is 1. The molecule has 0 saturated heterocycles. The number of halogens is 1. The molecule has 3 unspecified atom stereocenters. The molecule has 1 aliphatic heterocycles. The zero-order valence-electron chi connectivity index (χ0n) is 11.3. The van der Waals surface area contributed by atoms with Crippen LogP contribution in [0.15, 0.2) is 42.5 Å². The highest BCUT2D eigenvalue weighted by Gasteiger charge is 2.39. The quantitative estimate of drug-likeness (QED) is 0.725. The topological polar surface area (TPSA) is 12.0 Å². The molecule has 1 aromatic heterocycles. The van der Waals surface area contributed by atoms with E-state index in [1.54, 1.807) is 6.07 Å². The van der Waals surface area contributed by atoms with Crippen LogP contribution in [-0.2, 0) is 0 Å². The van der Waals surface area contributed by atoms with Gasteiger partial charge in [-0.05, 0) is 43.0 Å². The average molecular weight is 285 g/mol. The third kappa shape index (κ3) is 1.73. The van der Waals surface area contributed by atoms with Gasteiger partial charge in [-0.1, -0.05) is 24.3 Å². The smallest absolute Gasteiger partial charge is 0.146 e. The number of nitrogens with one attached hydrogen (secondary N) is 1. The standard InChI is InChI=1S/C17H16FNS/c1-10-8-9-15(20-10)17-13-5-2-4-11(13)12-6-3-7-14(18)16(12)19-17/h2-4,6-9,11,13,17,19H,5H2,1H3. The number of hydrogen-bond donors (Lipinski definition) is 1. The largest absolute Gasteiger partial charge is 0.374 e. The van der Waals surface area contributed by atoms with E-state index in [4.69, 9.17) is 0 Å². The first-order valence-electron chi connectivity index (χ1n) is 7.02. The molecule has 4 rings (SSSR count). The normalized spacial score (nSPS) is 27.0. The van der Waals surface area contributed by atoms with Crippen molar-refractivity contribution in [2.75, 3.05) is 5.32 Å². The van der Waals surface area contributed by atoms with Gasteiger partial charge in [-0.2, -0.15) is 0 Å². The summed E-state index contributed by atoms with van der Waals surface area (Å²) in [6.07, 6.45) is 5.55. The summed E-state index contributed by atoms with van der Waals surface area (Å²) in [7, 11) is 0. The molecule has 0 fully saturated rings. The number of fused-ring (bicyclic) bond motifs is 3. The highest BCUT2D eigenvalue weighted by atomic mass is 32.1. The van der Waals surface area contributed by atoms with Gasteiger partial charge in [0, 0.05) is 15.7 Å². The minimum Gasteiger partial charge on any atom is -0.374 e. The molecule has 20 heavy (non-hydrogen) atoms. The van der Waals surface area contributed by atoms with Crippen LogP contribution in [-0.4, -0.2) is 0 Å². The van der Waals surface area contributed by atoms with Crippen LogP contribution in [0.5, 0.6) is 0 Å². The number of hydrogen-bond acceptors (Lipinski definition) is 2. The molecule has 1 aromatic carbocycles. The average Bonchev–Trinajstić information content (AvgIpc) is 3.07. The fraction of sp³-hybridized carbons (Fsp3) is 0.294. The lowest BCUT2D eigenvalue weighted by Gasteiger charge is -2.36. The molecule has 1 aliphatic carbocycles. The number of aryl methyl sites for hydroxylation is 1. The summed E-state index contributed by atoms with van der Waals surface area (Å²) in [5.74, 6) is 0.705. The van der Waals surface area contributed by atoms with Gasteiger partial charge in [-0.3, -0.25) is 0 Å². The number of allylic oxidation sites excluding steroid dienone is 2. The molecule has 102 valence electrons. The molecule has 1 nitrogen and oxygen atoms in total. The summed E-state index contributed by atoms with van der Waals surface area (Å²) in [6.45, 7) is 2.12. The van der Waals surface area contributed by atoms with Crippen molar-refractivity contribution in [1.82, 2.24) is 0 Å². The van der Waals surface area contributed by atoms with Crippen LogP contribution in [0.25, 0.3) is 0 Å². The van der Waals surface area contributed by atoms with Crippen LogP contribution in [0.3, 0.4) is 0 Å². The van der Waals surface area contributed by atoms with Gasteiger partial charge >= 0.3 is 0 Å². The molecule has 0 amide bonds. The molecule has 0 bridgehead atoms. The first-order chi connectivity index (χ1) is 9.74. The predicted molar refractivity (Wildman–Crippen MR) is 81.8 cm³/mol. The summed E-state index contributed by atoms with van der Waals surface area (Å²) >= 11 is 1.81. The molecule has 3 heteroatoms. The Hall–Kier alpha value is -1.61. The van der Waals surface area contributed by atoms with Gasteiger partial charge in [0.2, 0.25) is 0 Å². The Morgan fingerprint density at radius 3 is 2.95 bits per heavy atom. The summed E-state index contributed by atoms with van der Waals surface area (Å²) in [5.41, 5.74) is 1.80. The zero-order chi connectivity index (χ0) is 13.7. The van der Waals surface area contributed by atoms with Crippen LogP contribution in [0.4, 0.5) is 10.1 Å². The Balaban J connectivity index is 1.83. The van der Waals surface area contributed by atoms with Crippen LogP contribution in [0, 0.1) is 18.7 Å². The van der Waals surface area contributed by atoms with Gasteiger partial charge in [-0.15, -0.1) is 11.3 Å². The SMILES string of the molecule is Cc1ccc(C2Nc3c(F)cccc3C3C=CCC32)s1. The molecular formula is C17H16FNS. The van der Waals surface area contributed by atoms with Crippen molar-refractivity contribution in [1.29, 1.82) is 0 Å². The molecule has 0 saturated carbocycles. The van der Waals surface area contributed by atoms with Crippen molar-refractivity contribution in [2.24, 2.45) is 5.92 Å². The summed E-state index contributed by atoms with van der Waals surface area (Å²) in [6, 6.07) is 9.96. The fourth-order valence-corrected chi connectivity index (χ4v) is 4.49. The number of rotatable bonds is 1. The van der Waals surface area contributed by atoms with Gasteiger partial charge in [0.1, 0.15) is 5.82 Å². The molecule has 3 atom stereocenters. The van der Waals surface area contributed by atoms with E-state index in [9.17, 15) is 4.39 Å². The molecule has 0 spiro atoms. The predicted octanol–water partition coefficient (Wildman–Crippen LogP) is 5.02. The first-order valence-corrected chi connectivity index (χ1v) is 7.83. The number of thiophene rings is 1. The van der Waals surface area contributed by atoms with Crippen molar-refractivity contribution in [3.63, 3.8) is 0 Å². The van der Waals surface area contributed by atoms with E-state index in [-0.39, 0.29) is 11.9 Å². The van der Waals surface area contributed by atoms with Crippen LogP contribution < -0.4 is 5.32 Å². The Morgan fingerprint density at radius 2 is 2.15 bits per heavy atom. The van der Waals surface area contributed by atoms with E-state index in [2.05, 4.69) is 42.6 Å². The number of para-hydroxylation sites is 1. The fourth-order valence-electron chi connectivity index (χ4n) is 3.49. The Labute approximate surface area is 122 Å². The molecule has 2 aliphatic rings. The zero-order valence-corrected chi connectivity index (χ0v) is 12.1. The highest BCUT2D eigenvalue weighted by molar-refractivity contribution is 7.12. The highest BCUT2D eigenvalue weighted by Crippen LogP contribution is 2.51.